The summed E-state index contributed by atoms with van der Waals surface area (Å²) in [6.07, 6.45) is 3.84. The molecule has 0 radical (unpaired) electrons. The van der Waals surface area contributed by atoms with Crippen molar-refractivity contribution >= 4 is 18.3 Å². The fourth-order valence-electron chi connectivity index (χ4n) is 3.67. The molecule has 1 aliphatic rings. The van der Waals surface area contributed by atoms with Crippen LogP contribution in [0.25, 0.3) is 0 Å². The lowest BCUT2D eigenvalue weighted by atomic mass is 10.0. The van der Waals surface area contributed by atoms with Crippen LogP contribution in [-0.2, 0) is 22.5 Å². The van der Waals surface area contributed by atoms with Crippen LogP contribution in [0.4, 0.5) is 0 Å². The molecule has 2 aromatic carbocycles. The van der Waals surface area contributed by atoms with Crippen LogP contribution in [0.1, 0.15) is 30.9 Å². The summed E-state index contributed by atoms with van der Waals surface area (Å²) in [7, 11) is 0. The molecule has 1 fully saturated rings. The second kappa shape index (κ2) is 11.8. The standard InChI is InChI=1S/C23H30N2O2.ClH/c1-20(26)25(27-19-15-22-10-6-3-7-11-22)23-13-17-24(18-14-23)16-12-21-8-4-2-5-9-21;/h2-11,23H,12-19H2,1H3;1H. The molecule has 0 saturated carbocycles. The van der Waals surface area contributed by atoms with Gasteiger partial charge in [0.25, 0.3) is 0 Å². The molecule has 0 atom stereocenters. The largest absolute Gasteiger partial charge is 0.303 e. The number of halogens is 1. The van der Waals surface area contributed by atoms with Gasteiger partial charge in [-0.2, -0.15) is 0 Å². The van der Waals surface area contributed by atoms with Gasteiger partial charge in [-0.15, -0.1) is 12.4 Å². The second-order valence-corrected chi connectivity index (χ2v) is 7.22. The summed E-state index contributed by atoms with van der Waals surface area (Å²) in [5.41, 5.74) is 2.62. The molecule has 5 heteroatoms. The van der Waals surface area contributed by atoms with Crippen molar-refractivity contribution < 1.29 is 9.63 Å². The zero-order valence-corrected chi connectivity index (χ0v) is 17.4. The first-order valence-corrected chi connectivity index (χ1v) is 9.95. The van der Waals surface area contributed by atoms with Crippen LogP contribution in [0.5, 0.6) is 0 Å². The Labute approximate surface area is 174 Å². The Morgan fingerprint density at radius 1 is 0.964 bits per heavy atom. The molecule has 4 nitrogen and oxygen atoms in total. The van der Waals surface area contributed by atoms with Crippen molar-refractivity contribution in [2.24, 2.45) is 0 Å². The van der Waals surface area contributed by atoms with Gasteiger partial charge in [0.1, 0.15) is 0 Å². The van der Waals surface area contributed by atoms with Crippen molar-refractivity contribution in [3.63, 3.8) is 0 Å². The average Bonchev–Trinajstić information content (AvgIpc) is 2.71. The molecule has 0 unspecified atom stereocenters. The molecular weight excluding hydrogens is 372 g/mol. The molecule has 28 heavy (non-hydrogen) atoms. The molecular formula is C23H31ClN2O2. The molecule has 0 spiro atoms. The van der Waals surface area contributed by atoms with Gasteiger partial charge < -0.3 is 4.90 Å². The zero-order valence-electron chi connectivity index (χ0n) is 16.6. The maximum atomic E-state index is 12.1. The molecule has 0 N–H and O–H groups in total. The van der Waals surface area contributed by atoms with Crippen LogP contribution >= 0.6 is 12.4 Å². The number of hydrogen-bond donors (Lipinski definition) is 0. The Bertz CT molecular complexity index is 688. The molecule has 0 aromatic heterocycles. The third kappa shape index (κ3) is 6.93. The maximum absolute atomic E-state index is 12.1. The summed E-state index contributed by atoms with van der Waals surface area (Å²) >= 11 is 0. The number of hydroxylamine groups is 2. The summed E-state index contributed by atoms with van der Waals surface area (Å²) in [6, 6.07) is 21.1. The summed E-state index contributed by atoms with van der Waals surface area (Å²) in [5.74, 6) is 0.00537. The van der Waals surface area contributed by atoms with Gasteiger partial charge in [-0.25, -0.2) is 5.06 Å². The molecule has 2 aromatic rings. The molecule has 0 bridgehead atoms. The molecule has 1 heterocycles. The predicted octanol–water partition coefficient (Wildman–Crippen LogP) is 4.14. The number of amides is 1. The van der Waals surface area contributed by atoms with Crippen molar-refractivity contribution in [1.29, 1.82) is 0 Å². The fraction of sp³-hybridized carbons (Fsp3) is 0.435. The van der Waals surface area contributed by atoms with E-state index in [1.54, 1.807) is 12.0 Å². The van der Waals surface area contributed by atoms with Gasteiger partial charge in [-0.05, 0) is 36.8 Å². The Balaban J connectivity index is 0.00000280. The normalized spacial score (nSPS) is 15.0. The van der Waals surface area contributed by atoms with Gasteiger partial charge in [0.15, 0.2) is 0 Å². The van der Waals surface area contributed by atoms with E-state index in [0.29, 0.717) is 6.61 Å². The number of likely N-dealkylation sites (tertiary alicyclic amines) is 1. The summed E-state index contributed by atoms with van der Waals surface area (Å²) in [5, 5.41) is 1.62. The number of piperidine rings is 1. The third-order valence-corrected chi connectivity index (χ3v) is 5.22. The number of carbonyl (C=O) groups excluding carboxylic acids is 1. The minimum absolute atomic E-state index is 0. The molecule has 0 aliphatic carbocycles. The molecule has 1 aliphatic heterocycles. The van der Waals surface area contributed by atoms with Gasteiger partial charge in [-0.1, -0.05) is 60.7 Å². The molecule has 1 saturated heterocycles. The highest BCUT2D eigenvalue weighted by Crippen LogP contribution is 2.18. The van der Waals surface area contributed by atoms with E-state index in [0.717, 1.165) is 45.3 Å². The fourth-order valence-corrected chi connectivity index (χ4v) is 3.67. The first-order chi connectivity index (χ1) is 13.2. The topological polar surface area (TPSA) is 32.8 Å². The monoisotopic (exact) mass is 402 g/mol. The molecule has 152 valence electrons. The van der Waals surface area contributed by atoms with Gasteiger partial charge in [0.05, 0.1) is 12.6 Å². The van der Waals surface area contributed by atoms with E-state index in [-0.39, 0.29) is 24.4 Å². The van der Waals surface area contributed by atoms with E-state index in [9.17, 15) is 4.79 Å². The van der Waals surface area contributed by atoms with Crippen molar-refractivity contribution in [3.8, 4) is 0 Å². The van der Waals surface area contributed by atoms with Crippen LogP contribution in [0, 0.1) is 0 Å². The van der Waals surface area contributed by atoms with Gasteiger partial charge in [-0.3, -0.25) is 9.63 Å². The smallest absolute Gasteiger partial charge is 0.243 e. The summed E-state index contributed by atoms with van der Waals surface area (Å²) < 4.78 is 0. The number of carbonyl (C=O) groups is 1. The highest BCUT2D eigenvalue weighted by Gasteiger charge is 2.27. The Morgan fingerprint density at radius 3 is 2.04 bits per heavy atom. The number of nitrogens with zero attached hydrogens (tertiary/aromatic N) is 2. The first kappa shape index (κ1) is 22.4. The lowest BCUT2D eigenvalue weighted by Crippen LogP contribution is -2.47. The van der Waals surface area contributed by atoms with Crippen molar-refractivity contribution in [2.45, 2.75) is 38.6 Å². The van der Waals surface area contributed by atoms with Crippen molar-refractivity contribution in [2.75, 3.05) is 26.2 Å². The predicted molar refractivity (Wildman–Crippen MR) is 115 cm³/mol. The molecule has 1 amide bonds. The summed E-state index contributed by atoms with van der Waals surface area (Å²) in [6.45, 7) is 5.25. The van der Waals surface area contributed by atoms with Crippen LogP contribution in [0.2, 0.25) is 0 Å². The van der Waals surface area contributed by atoms with E-state index in [2.05, 4.69) is 47.4 Å². The third-order valence-electron chi connectivity index (χ3n) is 5.22. The van der Waals surface area contributed by atoms with E-state index in [1.807, 2.05) is 18.2 Å². The summed E-state index contributed by atoms with van der Waals surface area (Å²) in [4.78, 5) is 20.4. The SMILES string of the molecule is CC(=O)N(OCCc1ccccc1)C1CCN(CCc2ccccc2)CC1.Cl. The molecule has 3 rings (SSSR count). The quantitative estimate of drug-likeness (QED) is 0.622. The van der Waals surface area contributed by atoms with Crippen LogP contribution in [0.15, 0.2) is 60.7 Å². The van der Waals surface area contributed by atoms with E-state index in [4.69, 9.17) is 4.84 Å². The first-order valence-electron chi connectivity index (χ1n) is 9.95. The lowest BCUT2D eigenvalue weighted by molar-refractivity contribution is -0.202. The lowest BCUT2D eigenvalue weighted by Gasteiger charge is -2.37. The average molecular weight is 403 g/mol. The van der Waals surface area contributed by atoms with Crippen LogP contribution in [0.3, 0.4) is 0 Å². The minimum Gasteiger partial charge on any atom is -0.303 e. The highest BCUT2D eigenvalue weighted by atomic mass is 35.5. The Morgan fingerprint density at radius 2 is 1.50 bits per heavy atom. The number of rotatable bonds is 8. The van der Waals surface area contributed by atoms with Gasteiger partial charge in [0, 0.05) is 26.6 Å². The Kier molecular flexibility index (Phi) is 9.48. The van der Waals surface area contributed by atoms with Gasteiger partial charge >= 0.3 is 0 Å². The van der Waals surface area contributed by atoms with Crippen LogP contribution in [-0.4, -0.2) is 48.2 Å². The van der Waals surface area contributed by atoms with E-state index in [1.165, 1.54) is 11.1 Å². The van der Waals surface area contributed by atoms with E-state index >= 15 is 0 Å². The van der Waals surface area contributed by atoms with Crippen LogP contribution < -0.4 is 0 Å². The zero-order chi connectivity index (χ0) is 18.9. The Hall–Kier alpha value is -1.88. The highest BCUT2D eigenvalue weighted by molar-refractivity contribution is 5.85. The minimum atomic E-state index is 0. The van der Waals surface area contributed by atoms with Gasteiger partial charge in [0.2, 0.25) is 5.91 Å². The van der Waals surface area contributed by atoms with Crippen molar-refractivity contribution in [1.82, 2.24) is 9.96 Å². The van der Waals surface area contributed by atoms with Crippen molar-refractivity contribution in [3.05, 3.63) is 71.8 Å². The number of hydrogen-bond acceptors (Lipinski definition) is 3. The second-order valence-electron chi connectivity index (χ2n) is 7.22. The number of benzene rings is 2. The maximum Gasteiger partial charge on any atom is 0.243 e. The van der Waals surface area contributed by atoms with E-state index < -0.39 is 0 Å².